The SMILES string of the molecule is C=C1C=C2C(CC[C@H]2C(C)C)[C@H](O)CC1. The first-order valence-corrected chi connectivity index (χ1v) is 6.17. The lowest BCUT2D eigenvalue weighted by molar-refractivity contribution is 0.120. The van der Waals surface area contributed by atoms with Crippen LogP contribution >= 0.6 is 0 Å². The summed E-state index contributed by atoms with van der Waals surface area (Å²) in [5, 5.41) is 10.1. The summed E-state index contributed by atoms with van der Waals surface area (Å²) >= 11 is 0. The van der Waals surface area contributed by atoms with Gasteiger partial charge >= 0.3 is 0 Å². The average molecular weight is 206 g/mol. The molecule has 0 aromatic rings. The van der Waals surface area contributed by atoms with Gasteiger partial charge in [-0.3, -0.25) is 0 Å². The molecule has 0 bridgehead atoms. The zero-order chi connectivity index (χ0) is 11.0. The summed E-state index contributed by atoms with van der Waals surface area (Å²) in [6.07, 6.45) is 6.43. The van der Waals surface area contributed by atoms with Crippen molar-refractivity contribution < 1.29 is 5.11 Å². The van der Waals surface area contributed by atoms with Gasteiger partial charge in [-0.05, 0) is 37.5 Å². The maximum Gasteiger partial charge on any atom is 0.0608 e. The van der Waals surface area contributed by atoms with Crippen LogP contribution in [0.5, 0.6) is 0 Å². The van der Waals surface area contributed by atoms with Crippen molar-refractivity contribution in [3.8, 4) is 0 Å². The maximum atomic E-state index is 10.1. The number of fused-ring (bicyclic) bond motifs is 1. The van der Waals surface area contributed by atoms with Gasteiger partial charge in [-0.15, -0.1) is 0 Å². The van der Waals surface area contributed by atoms with E-state index in [0.29, 0.717) is 17.8 Å². The van der Waals surface area contributed by atoms with Gasteiger partial charge in [0.25, 0.3) is 0 Å². The minimum Gasteiger partial charge on any atom is -0.392 e. The largest absolute Gasteiger partial charge is 0.392 e. The predicted molar refractivity (Wildman–Crippen MR) is 63.5 cm³/mol. The van der Waals surface area contributed by atoms with Crippen molar-refractivity contribution in [2.45, 2.75) is 45.6 Å². The topological polar surface area (TPSA) is 20.2 Å². The Morgan fingerprint density at radius 3 is 2.73 bits per heavy atom. The first-order valence-electron chi connectivity index (χ1n) is 6.17. The second kappa shape index (κ2) is 4.13. The third kappa shape index (κ3) is 2.03. The fourth-order valence-corrected chi connectivity index (χ4v) is 3.16. The molecule has 84 valence electrons. The van der Waals surface area contributed by atoms with Crippen LogP contribution in [0, 0.1) is 17.8 Å². The molecule has 1 N–H and O–H groups in total. The van der Waals surface area contributed by atoms with Gasteiger partial charge in [-0.25, -0.2) is 0 Å². The van der Waals surface area contributed by atoms with E-state index in [-0.39, 0.29) is 6.10 Å². The smallest absolute Gasteiger partial charge is 0.0608 e. The van der Waals surface area contributed by atoms with Crippen molar-refractivity contribution in [2.75, 3.05) is 0 Å². The van der Waals surface area contributed by atoms with E-state index >= 15 is 0 Å². The normalized spacial score (nSPS) is 36.4. The van der Waals surface area contributed by atoms with Crippen LogP contribution in [0.15, 0.2) is 23.8 Å². The van der Waals surface area contributed by atoms with Crippen molar-refractivity contribution in [1.29, 1.82) is 0 Å². The monoisotopic (exact) mass is 206 g/mol. The molecule has 0 aromatic carbocycles. The molecule has 2 aliphatic rings. The first kappa shape index (κ1) is 10.9. The molecule has 1 heteroatoms. The van der Waals surface area contributed by atoms with Crippen LogP contribution in [-0.4, -0.2) is 11.2 Å². The first-order chi connectivity index (χ1) is 7.09. The molecule has 1 unspecified atom stereocenters. The predicted octanol–water partition coefficient (Wildman–Crippen LogP) is 3.31. The second-order valence-corrected chi connectivity index (χ2v) is 5.44. The molecule has 2 rings (SSSR count). The Hall–Kier alpha value is -0.560. The summed E-state index contributed by atoms with van der Waals surface area (Å²) in [5.41, 5.74) is 2.69. The van der Waals surface area contributed by atoms with E-state index in [1.54, 1.807) is 0 Å². The van der Waals surface area contributed by atoms with Gasteiger partial charge in [0.15, 0.2) is 0 Å². The molecule has 0 amide bonds. The minimum absolute atomic E-state index is 0.126. The molecule has 1 nitrogen and oxygen atoms in total. The van der Waals surface area contributed by atoms with Crippen molar-refractivity contribution in [3.63, 3.8) is 0 Å². The second-order valence-electron chi connectivity index (χ2n) is 5.44. The Morgan fingerprint density at radius 2 is 2.07 bits per heavy atom. The Bertz CT molecular complexity index is 288. The zero-order valence-electron chi connectivity index (χ0n) is 9.87. The van der Waals surface area contributed by atoms with Gasteiger partial charge in [0, 0.05) is 5.92 Å². The summed E-state index contributed by atoms with van der Waals surface area (Å²) < 4.78 is 0. The van der Waals surface area contributed by atoms with Crippen LogP contribution in [0.25, 0.3) is 0 Å². The Kier molecular flexibility index (Phi) is 3.01. The highest BCUT2D eigenvalue weighted by Gasteiger charge is 2.37. The Labute approximate surface area is 92.9 Å². The average Bonchev–Trinajstić information content (AvgIpc) is 2.52. The molecule has 15 heavy (non-hydrogen) atoms. The molecule has 0 heterocycles. The fraction of sp³-hybridized carbons (Fsp3) is 0.714. The van der Waals surface area contributed by atoms with E-state index < -0.39 is 0 Å². The number of rotatable bonds is 1. The van der Waals surface area contributed by atoms with Gasteiger partial charge in [-0.2, -0.15) is 0 Å². The van der Waals surface area contributed by atoms with Crippen LogP contribution in [0.3, 0.4) is 0 Å². The molecule has 1 saturated carbocycles. The van der Waals surface area contributed by atoms with Crippen LogP contribution in [-0.2, 0) is 0 Å². The van der Waals surface area contributed by atoms with Gasteiger partial charge < -0.3 is 5.11 Å². The molecule has 0 spiro atoms. The van der Waals surface area contributed by atoms with Crippen LogP contribution in [0.2, 0.25) is 0 Å². The Morgan fingerprint density at radius 1 is 1.33 bits per heavy atom. The van der Waals surface area contributed by atoms with Gasteiger partial charge in [0.2, 0.25) is 0 Å². The zero-order valence-corrected chi connectivity index (χ0v) is 9.87. The number of aliphatic hydroxyl groups is 1. The van der Waals surface area contributed by atoms with E-state index in [2.05, 4.69) is 26.5 Å². The molecule has 0 saturated heterocycles. The van der Waals surface area contributed by atoms with Crippen LogP contribution in [0.1, 0.15) is 39.5 Å². The van der Waals surface area contributed by atoms with Crippen molar-refractivity contribution in [3.05, 3.63) is 23.8 Å². The standard InChI is InChI=1S/C14H22O/c1-9(2)11-5-6-12-13(11)8-10(3)4-7-14(12)15/h8-9,11-12,14-15H,3-7H2,1-2H3/t11-,12?,14+/m0/s1. The van der Waals surface area contributed by atoms with Gasteiger partial charge in [-0.1, -0.05) is 37.6 Å². The van der Waals surface area contributed by atoms with Crippen LogP contribution in [0.4, 0.5) is 0 Å². The maximum absolute atomic E-state index is 10.1. The highest BCUT2D eigenvalue weighted by Crippen LogP contribution is 2.45. The Balaban J connectivity index is 2.28. The third-order valence-corrected chi connectivity index (χ3v) is 4.05. The summed E-state index contributed by atoms with van der Waals surface area (Å²) in [6.45, 7) is 8.65. The lowest BCUT2D eigenvalue weighted by Crippen LogP contribution is -2.19. The molecular formula is C14H22O. The quantitative estimate of drug-likeness (QED) is 0.698. The fourth-order valence-electron chi connectivity index (χ4n) is 3.16. The van der Waals surface area contributed by atoms with E-state index in [0.717, 1.165) is 12.8 Å². The molecule has 0 radical (unpaired) electrons. The number of hydrogen-bond acceptors (Lipinski definition) is 1. The summed E-state index contributed by atoms with van der Waals surface area (Å²) in [5.74, 6) is 1.80. The van der Waals surface area contributed by atoms with Gasteiger partial charge in [0.1, 0.15) is 0 Å². The highest BCUT2D eigenvalue weighted by molar-refractivity contribution is 5.30. The number of allylic oxidation sites excluding steroid dienone is 2. The van der Waals surface area contributed by atoms with E-state index in [9.17, 15) is 5.11 Å². The summed E-state index contributed by atoms with van der Waals surface area (Å²) in [6, 6.07) is 0. The van der Waals surface area contributed by atoms with Crippen molar-refractivity contribution in [1.82, 2.24) is 0 Å². The summed E-state index contributed by atoms with van der Waals surface area (Å²) in [4.78, 5) is 0. The van der Waals surface area contributed by atoms with Gasteiger partial charge in [0.05, 0.1) is 6.10 Å². The van der Waals surface area contributed by atoms with Crippen molar-refractivity contribution in [2.24, 2.45) is 17.8 Å². The lowest BCUT2D eigenvalue weighted by Gasteiger charge is -2.21. The van der Waals surface area contributed by atoms with E-state index in [1.165, 1.54) is 24.0 Å². The van der Waals surface area contributed by atoms with E-state index in [1.807, 2.05) is 0 Å². The summed E-state index contributed by atoms with van der Waals surface area (Å²) in [7, 11) is 0. The third-order valence-electron chi connectivity index (χ3n) is 4.05. The molecular weight excluding hydrogens is 184 g/mol. The molecule has 3 atom stereocenters. The molecule has 2 aliphatic carbocycles. The van der Waals surface area contributed by atoms with E-state index in [4.69, 9.17) is 0 Å². The molecule has 0 aromatic heterocycles. The number of hydrogen-bond donors (Lipinski definition) is 1. The van der Waals surface area contributed by atoms with Crippen LogP contribution < -0.4 is 0 Å². The number of aliphatic hydroxyl groups excluding tert-OH is 1. The lowest BCUT2D eigenvalue weighted by atomic mass is 9.86. The minimum atomic E-state index is -0.126. The molecule has 0 aliphatic heterocycles. The highest BCUT2D eigenvalue weighted by atomic mass is 16.3. The van der Waals surface area contributed by atoms with Crippen molar-refractivity contribution >= 4 is 0 Å². The molecule has 1 fully saturated rings.